The van der Waals surface area contributed by atoms with Crippen LogP contribution in [0.3, 0.4) is 0 Å². The van der Waals surface area contributed by atoms with Crippen LogP contribution < -0.4 is 5.32 Å². The van der Waals surface area contributed by atoms with E-state index in [-0.39, 0.29) is 34.9 Å². The normalized spacial score (nSPS) is 15.2. The van der Waals surface area contributed by atoms with Crippen molar-refractivity contribution in [1.82, 2.24) is 5.32 Å². The van der Waals surface area contributed by atoms with Gasteiger partial charge in [0.05, 0.1) is 0 Å². The lowest BCUT2D eigenvalue weighted by Gasteiger charge is -2.15. The van der Waals surface area contributed by atoms with Crippen LogP contribution in [0.15, 0.2) is 47.0 Å². The van der Waals surface area contributed by atoms with Gasteiger partial charge in [-0.3, -0.25) is 10.3 Å². The summed E-state index contributed by atoms with van der Waals surface area (Å²) in [4.78, 5) is 3.88. The number of halogens is 5. The Morgan fingerprint density at radius 2 is 1.91 bits per heavy atom. The molecule has 1 unspecified atom stereocenters. The smallest absolute Gasteiger partial charge is 0.297 e. The summed E-state index contributed by atoms with van der Waals surface area (Å²) in [5.74, 6) is -5.32. The summed E-state index contributed by atoms with van der Waals surface area (Å²) in [6.07, 6.45) is 3.36. The minimum Gasteiger partial charge on any atom is -0.373 e. The second kappa shape index (κ2) is 12.4. The molecule has 0 aliphatic carbocycles. The fourth-order valence-electron chi connectivity index (χ4n) is 2.55. The average Bonchev–Trinajstić information content (AvgIpc) is 2.76. The highest BCUT2D eigenvalue weighted by Crippen LogP contribution is 2.34. The molecule has 0 spiro atoms. The van der Waals surface area contributed by atoms with Crippen molar-refractivity contribution in [2.45, 2.75) is 51.8 Å². The average molecular weight is 457 g/mol. The Kier molecular flexibility index (Phi) is 10.6. The van der Waals surface area contributed by atoms with Gasteiger partial charge in [0.15, 0.2) is 6.67 Å². The Morgan fingerprint density at radius 3 is 2.47 bits per heavy atom. The fraction of sp³-hybridized carbons (Fsp3) is 0.391. The maximum absolute atomic E-state index is 14.5. The summed E-state index contributed by atoms with van der Waals surface area (Å²) >= 11 is 0. The minimum atomic E-state index is -3.64. The molecule has 0 radical (unpaired) electrons. The van der Waals surface area contributed by atoms with Crippen molar-refractivity contribution in [1.29, 1.82) is 5.41 Å². The zero-order valence-electron chi connectivity index (χ0n) is 18.2. The number of hydrogen-bond donors (Lipinski definition) is 3. The van der Waals surface area contributed by atoms with E-state index in [0.717, 1.165) is 50.1 Å². The zero-order chi connectivity index (χ0) is 24.5. The molecule has 9 heteroatoms. The van der Waals surface area contributed by atoms with Gasteiger partial charge in [-0.2, -0.15) is 8.78 Å². The van der Waals surface area contributed by atoms with Gasteiger partial charge in [0.1, 0.15) is 23.5 Å². The molecular weight excluding hydrogens is 429 g/mol. The first-order valence-electron chi connectivity index (χ1n) is 9.93. The van der Waals surface area contributed by atoms with Crippen LogP contribution in [0.1, 0.15) is 39.2 Å². The fourth-order valence-corrected chi connectivity index (χ4v) is 2.55. The monoisotopic (exact) mass is 457 g/mol. The maximum atomic E-state index is 14.5. The van der Waals surface area contributed by atoms with E-state index in [2.05, 4.69) is 16.9 Å². The Hall–Kier alpha value is -2.65. The van der Waals surface area contributed by atoms with Gasteiger partial charge in [-0.15, -0.1) is 0 Å². The van der Waals surface area contributed by atoms with Gasteiger partial charge in [0.25, 0.3) is 5.92 Å². The first-order chi connectivity index (χ1) is 15.0. The molecular formula is C23H28F5N3O. The predicted molar refractivity (Wildman–Crippen MR) is 119 cm³/mol. The van der Waals surface area contributed by atoms with Crippen molar-refractivity contribution in [3.05, 3.63) is 59.2 Å². The molecule has 4 nitrogen and oxygen atoms in total. The van der Waals surface area contributed by atoms with Crippen molar-refractivity contribution in [2.75, 3.05) is 6.67 Å². The molecule has 0 saturated heterocycles. The number of alkyl halides is 3. The molecule has 3 N–H and O–H groups in total. The van der Waals surface area contributed by atoms with Gasteiger partial charge in [-0.1, -0.05) is 25.7 Å². The second-order valence-electron chi connectivity index (χ2n) is 7.31. The van der Waals surface area contributed by atoms with Crippen LogP contribution in [-0.4, -0.2) is 42.4 Å². The third kappa shape index (κ3) is 7.80. The van der Waals surface area contributed by atoms with Gasteiger partial charge >= 0.3 is 0 Å². The van der Waals surface area contributed by atoms with Gasteiger partial charge in [0, 0.05) is 24.0 Å². The first kappa shape index (κ1) is 27.4. The van der Waals surface area contributed by atoms with E-state index in [1.54, 1.807) is 0 Å². The number of rotatable bonds is 12. The highest BCUT2D eigenvalue weighted by molar-refractivity contribution is 5.85. The number of aliphatic hydroxyl groups excluding tert-OH is 1. The minimum absolute atomic E-state index is 0.0372. The molecule has 0 aliphatic heterocycles. The first-order valence-corrected chi connectivity index (χ1v) is 9.93. The van der Waals surface area contributed by atoms with Crippen LogP contribution in [0.5, 0.6) is 0 Å². The molecule has 1 aromatic rings. The molecule has 0 bridgehead atoms. The highest BCUT2D eigenvalue weighted by atomic mass is 19.3. The molecule has 0 amide bonds. The Balaban J connectivity index is 3.22. The zero-order valence-corrected chi connectivity index (χ0v) is 18.2. The number of benzene rings is 1. The largest absolute Gasteiger partial charge is 0.373 e. The molecule has 0 heterocycles. The molecule has 176 valence electrons. The third-order valence-electron chi connectivity index (χ3n) is 4.74. The summed E-state index contributed by atoms with van der Waals surface area (Å²) < 4.78 is 68.1. The van der Waals surface area contributed by atoms with E-state index in [9.17, 15) is 27.1 Å². The molecule has 32 heavy (non-hydrogen) atoms. The number of hydrogen-bond acceptors (Lipinski definition) is 4. The molecule has 1 aromatic carbocycles. The maximum Gasteiger partial charge on any atom is 0.297 e. The van der Waals surface area contributed by atoms with E-state index in [1.807, 2.05) is 13.8 Å². The number of aliphatic imine (C=N–C) groups is 1. The summed E-state index contributed by atoms with van der Waals surface area (Å²) in [7, 11) is 0. The third-order valence-corrected chi connectivity index (χ3v) is 4.74. The Labute approximate surface area is 184 Å². The summed E-state index contributed by atoms with van der Waals surface area (Å²) in [5.41, 5.74) is -1.01. The van der Waals surface area contributed by atoms with Crippen molar-refractivity contribution in [3.8, 4) is 0 Å². The van der Waals surface area contributed by atoms with E-state index < -0.39 is 36.0 Å². The van der Waals surface area contributed by atoms with E-state index in [4.69, 9.17) is 5.41 Å². The van der Waals surface area contributed by atoms with Crippen molar-refractivity contribution in [3.63, 3.8) is 0 Å². The Bertz CT molecular complexity index is 909. The van der Waals surface area contributed by atoms with Crippen molar-refractivity contribution in [2.24, 2.45) is 4.99 Å². The van der Waals surface area contributed by atoms with Crippen molar-refractivity contribution >= 4 is 23.7 Å². The standard InChI is InChI=1S/C23H28F5N3O/c1-5-16(4)31-20(32)12-30-22-19(26)9-8-18(25)21(22)14(2)10-17(11-29)7-6-15(3)23(27,28)13-24/h6-9,11-12,16,20,29,31-32H,2,5,10,13H2,1,3-4H3/b15-6+,17-7-,29-11?,30-12?/t16-,20?/m1/s1. The molecule has 0 saturated carbocycles. The Morgan fingerprint density at radius 1 is 1.28 bits per heavy atom. The summed E-state index contributed by atoms with van der Waals surface area (Å²) in [5, 5.41) is 20.2. The van der Waals surface area contributed by atoms with Crippen LogP contribution in [0, 0.1) is 17.0 Å². The topological polar surface area (TPSA) is 68.5 Å². The van der Waals surface area contributed by atoms with Crippen LogP contribution >= 0.6 is 0 Å². The van der Waals surface area contributed by atoms with Gasteiger partial charge in [-0.05, 0) is 55.5 Å². The lowest BCUT2D eigenvalue weighted by atomic mass is 9.97. The summed E-state index contributed by atoms with van der Waals surface area (Å²) in [6, 6.07) is 1.73. The van der Waals surface area contributed by atoms with Gasteiger partial charge < -0.3 is 10.5 Å². The lowest BCUT2D eigenvalue weighted by Crippen LogP contribution is -2.36. The van der Waals surface area contributed by atoms with Crippen LogP contribution in [0.25, 0.3) is 5.57 Å². The van der Waals surface area contributed by atoms with Crippen molar-refractivity contribution < 1.29 is 27.1 Å². The predicted octanol–water partition coefficient (Wildman–Crippen LogP) is 5.90. The number of nitrogens with zero attached hydrogens (tertiary/aromatic N) is 1. The highest BCUT2D eigenvalue weighted by Gasteiger charge is 2.30. The number of aliphatic hydroxyl groups is 1. The second-order valence-corrected chi connectivity index (χ2v) is 7.31. The molecule has 1 rings (SSSR count). The SMILES string of the molecule is C=C(C/C(C=N)=C/C=C(\C)C(F)(F)CF)c1c(F)ccc(F)c1N=CC(O)N[C@H](C)CC. The van der Waals surface area contributed by atoms with Gasteiger partial charge in [0.2, 0.25) is 0 Å². The van der Waals surface area contributed by atoms with Gasteiger partial charge in [-0.25, -0.2) is 13.2 Å². The van der Waals surface area contributed by atoms with E-state index in [0.29, 0.717) is 0 Å². The molecule has 2 atom stereocenters. The quantitative estimate of drug-likeness (QED) is 0.158. The molecule has 0 aliphatic rings. The lowest BCUT2D eigenvalue weighted by molar-refractivity contribution is 0.0154. The van der Waals surface area contributed by atoms with Crippen LogP contribution in [0.4, 0.5) is 27.6 Å². The van der Waals surface area contributed by atoms with E-state index >= 15 is 0 Å². The van der Waals surface area contributed by atoms with E-state index in [1.165, 1.54) is 0 Å². The molecule has 0 fully saturated rings. The molecule has 0 aromatic heterocycles. The van der Waals surface area contributed by atoms with Crippen LogP contribution in [0.2, 0.25) is 0 Å². The number of nitrogens with one attached hydrogen (secondary N) is 2. The summed E-state index contributed by atoms with van der Waals surface area (Å²) in [6.45, 7) is 6.65. The van der Waals surface area contributed by atoms with Crippen LogP contribution in [-0.2, 0) is 0 Å². The number of allylic oxidation sites excluding steroid dienone is 5.